The molecule has 0 radical (unpaired) electrons. The molecule has 21 heavy (non-hydrogen) atoms. The molecular weight excluding hydrogens is 356 g/mol. The molecule has 0 saturated carbocycles. The molecule has 2 heterocycles. The van der Waals surface area contributed by atoms with Gasteiger partial charge < -0.3 is 10.2 Å². The number of carbonyl (C=O) groups excluding carboxylic acids is 1. The third-order valence-electron chi connectivity index (χ3n) is 3.88. The van der Waals surface area contributed by atoms with E-state index in [0.29, 0.717) is 12.0 Å². The molecule has 7 heteroatoms. The molecular formula is C14H15BrN2O3S. The second kappa shape index (κ2) is 5.14. The van der Waals surface area contributed by atoms with Crippen LogP contribution in [0.1, 0.15) is 12.0 Å². The predicted molar refractivity (Wildman–Crippen MR) is 85.6 cm³/mol. The van der Waals surface area contributed by atoms with Crippen LogP contribution in [0.3, 0.4) is 0 Å². The average molecular weight is 371 g/mol. The standard InChI is InChI=1S/C14H15BrN2O3S/c1-17(10-4-5-21(19,20)8-10)7-12-11-6-9(15)2-3-13(11)16-14(12)18/h2-3,6-7,10H,4-5,8H2,1H3,(H,16,18)/b12-7+. The van der Waals surface area contributed by atoms with E-state index in [2.05, 4.69) is 21.2 Å². The minimum atomic E-state index is -2.93. The Morgan fingerprint density at radius 1 is 1.43 bits per heavy atom. The zero-order valence-corrected chi connectivity index (χ0v) is 13.9. The van der Waals surface area contributed by atoms with Crippen molar-refractivity contribution in [2.75, 3.05) is 23.9 Å². The lowest BCUT2D eigenvalue weighted by atomic mass is 10.1. The summed E-state index contributed by atoms with van der Waals surface area (Å²) in [5.74, 6) is 0.218. The monoisotopic (exact) mass is 370 g/mol. The molecule has 112 valence electrons. The van der Waals surface area contributed by atoms with Gasteiger partial charge in [0.1, 0.15) is 0 Å². The number of hydrogen-bond acceptors (Lipinski definition) is 4. The number of sulfone groups is 1. The summed E-state index contributed by atoms with van der Waals surface area (Å²) in [6.07, 6.45) is 2.36. The van der Waals surface area contributed by atoms with Crippen molar-refractivity contribution in [1.29, 1.82) is 0 Å². The Kier molecular flexibility index (Phi) is 3.57. The molecule has 0 spiro atoms. The van der Waals surface area contributed by atoms with Crippen LogP contribution in [0, 0.1) is 0 Å². The highest BCUT2D eigenvalue weighted by atomic mass is 79.9. The van der Waals surface area contributed by atoms with Crippen LogP contribution in [0.25, 0.3) is 5.57 Å². The SMILES string of the molecule is CN(/C=C1/C(=O)Nc2ccc(Br)cc21)C1CCS(=O)(=O)C1. The van der Waals surface area contributed by atoms with E-state index in [9.17, 15) is 13.2 Å². The van der Waals surface area contributed by atoms with Gasteiger partial charge in [-0.2, -0.15) is 0 Å². The number of fused-ring (bicyclic) bond motifs is 1. The van der Waals surface area contributed by atoms with Crippen molar-refractivity contribution in [3.8, 4) is 0 Å². The van der Waals surface area contributed by atoms with Gasteiger partial charge in [0, 0.05) is 35.0 Å². The van der Waals surface area contributed by atoms with E-state index in [1.807, 2.05) is 30.1 Å². The van der Waals surface area contributed by atoms with E-state index in [0.717, 1.165) is 15.7 Å². The summed E-state index contributed by atoms with van der Waals surface area (Å²) >= 11 is 3.40. The number of rotatable bonds is 2. The molecule has 0 bridgehead atoms. The maximum absolute atomic E-state index is 12.1. The number of benzene rings is 1. The molecule has 5 nitrogen and oxygen atoms in total. The van der Waals surface area contributed by atoms with Crippen molar-refractivity contribution in [1.82, 2.24) is 4.90 Å². The van der Waals surface area contributed by atoms with Crippen LogP contribution >= 0.6 is 15.9 Å². The number of hydrogen-bond donors (Lipinski definition) is 1. The normalized spacial score (nSPS) is 25.0. The van der Waals surface area contributed by atoms with E-state index < -0.39 is 9.84 Å². The van der Waals surface area contributed by atoms with E-state index in [1.54, 1.807) is 6.20 Å². The van der Waals surface area contributed by atoms with Crippen molar-refractivity contribution >= 4 is 42.9 Å². The van der Waals surface area contributed by atoms with Gasteiger partial charge in [0.25, 0.3) is 5.91 Å². The maximum Gasteiger partial charge on any atom is 0.257 e. The quantitative estimate of drug-likeness (QED) is 0.806. The van der Waals surface area contributed by atoms with Crippen molar-refractivity contribution in [2.45, 2.75) is 12.5 Å². The van der Waals surface area contributed by atoms with Crippen LogP contribution in [0.15, 0.2) is 28.9 Å². The van der Waals surface area contributed by atoms with Crippen LogP contribution in [0.4, 0.5) is 5.69 Å². The first-order valence-corrected chi connectivity index (χ1v) is 9.22. The lowest BCUT2D eigenvalue weighted by Crippen LogP contribution is -2.28. The van der Waals surface area contributed by atoms with Gasteiger partial charge in [-0.25, -0.2) is 8.42 Å². The van der Waals surface area contributed by atoms with Gasteiger partial charge in [-0.15, -0.1) is 0 Å². The van der Waals surface area contributed by atoms with E-state index in [-0.39, 0.29) is 23.5 Å². The molecule has 1 fully saturated rings. The molecule has 1 aromatic carbocycles. The molecule has 1 aromatic rings. The smallest absolute Gasteiger partial charge is 0.257 e. The summed E-state index contributed by atoms with van der Waals surface area (Å²) < 4.78 is 24.0. The highest BCUT2D eigenvalue weighted by Crippen LogP contribution is 2.34. The van der Waals surface area contributed by atoms with E-state index in [4.69, 9.17) is 0 Å². The molecule has 2 aliphatic rings. The fourth-order valence-corrected chi connectivity index (χ4v) is 4.84. The molecule has 1 saturated heterocycles. The van der Waals surface area contributed by atoms with Gasteiger partial charge in [0.15, 0.2) is 9.84 Å². The molecule has 0 aromatic heterocycles. The summed E-state index contributed by atoms with van der Waals surface area (Å²) in [5.41, 5.74) is 2.18. The van der Waals surface area contributed by atoms with Crippen LogP contribution in [0.5, 0.6) is 0 Å². The van der Waals surface area contributed by atoms with Gasteiger partial charge in [-0.1, -0.05) is 15.9 Å². The predicted octanol–water partition coefficient (Wildman–Crippen LogP) is 1.86. The van der Waals surface area contributed by atoms with Crippen molar-refractivity contribution in [3.05, 3.63) is 34.4 Å². The largest absolute Gasteiger partial charge is 0.376 e. The van der Waals surface area contributed by atoms with Gasteiger partial charge in [-0.3, -0.25) is 4.79 Å². The Labute approximate surface area is 132 Å². The Balaban J connectivity index is 1.90. The lowest BCUT2D eigenvalue weighted by Gasteiger charge is -2.21. The lowest BCUT2D eigenvalue weighted by molar-refractivity contribution is -0.110. The third kappa shape index (κ3) is 2.85. The molecule has 1 amide bonds. The topological polar surface area (TPSA) is 66.5 Å². The Bertz CT molecular complexity index is 743. The Morgan fingerprint density at radius 3 is 2.86 bits per heavy atom. The summed E-state index contributed by atoms with van der Waals surface area (Å²) in [6, 6.07) is 5.54. The van der Waals surface area contributed by atoms with Crippen LogP contribution in [0.2, 0.25) is 0 Å². The van der Waals surface area contributed by atoms with Gasteiger partial charge in [0.05, 0.1) is 17.1 Å². The van der Waals surface area contributed by atoms with Crippen molar-refractivity contribution in [2.24, 2.45) is 0 Å². The highest BCUT2D eigenvalue weighted by molar-refractivity contribution is 9.10. The Morgan fingerprint density at radius 2 is 2.19 bits per heavy atom. The average Bonchev–Trinajstić information content (AvgIpc) is 2.91. The summed E-state index contributed by atoms with van der Waals surface area (Å²) in [7, 11) is -1.11. The fourth-order valence-electron chi connectivity index (χ4n) is 2.69. The van der Waals surface area contributed by atoms with Crippen LogP contribution in [-0.4, -0.2) is 43.8 Å². The minimum Gasteiger partial charge on any atom is -0.376 e. The first kappa shape index (κ1) is 14.6. The highest BCUT2D eigenvalue weighted by Gasteiger charge is 2.31. The molecule has 2 aliphatic heterocycles. The number of carbonyl (C=O) groups is 1. The third-order valence-corrected chi connectivity index (χ3v) is 6.13. The van der Waals surface area contributed by atoms with Crippen LogP contribution in [-0.2, 0) is 14.6 Å². The summed E-state index contributed by atoms with van der Waals surface area (Å²) in [6.45, 7) is 0. The number of nitrogens with zero attached hydrogens (tertiary/aromatic N) is 1. The second-order valence-corrected chi connectivity index (χ2v) is 8.55. The van der Waals surface area contributed by atoms with Crippen molar-refractivity contribution < 1.29 is 13.2 Å². The zero-order valence-electron chi connectivity index (χ0n) is 11.5. The first-order valence-electron chi connectivity index (χ1n) is 6.61. The molecule has 1 unspecified atom stereocenters. The summed E-state index contributed by atoms with van der Waals surface area (Å²) in [5, 5.41) is 2.81. The number of halogens is 1. The fraction of sp³-hybridized carbons (Fsp3) is 0.357. The van der Waals surface area contributed by atoms with Crippen LogP contribution < -0.4 is 5.32 Å². The maximum atomic E-state index is 12.1. The molecule has 0 aliphatic carbocycles. The molecule has 1 N–H and O–H groups in total. The number of anilines is 1. The Hall–Kier alpha value is -1.34. The number of amides is 1. The van der Waals surface area contributed by atoms with Gasteiger partial charge >= 0.3 is 0 Å². The van der Waals surface area contributed by atoms with Gasteiger partial charge in [0.2, 0.25) is 0 Å². The number of nitrogens with one attached hydrogen (secondary N) is 1. The first-order chi connectivity index (χ1) is 9.85. The second-order valence-electron chi connectivity index (χ2n) is 5.41. The minimum absolute atomic E-state index is 0.0634. The molecule has 3 rings (SSSR count). The molecule has 1 atom stereocenters. The van der Waals surface area contributed by atoms with E-state index in [1.165, 1.54) is 0 Å². The van der Waals surface area contributed by atoms with Crippen molar-refractivity contribution in [3.63, 3.8) is 0 Å². The van der Waals surface area contributed by atoms with E-state index >= 15 is 0 Å². The zero-order chi connectivity index (χ0) is 15.2. The summed E-state index contributed by atoms with van der Waals surface area (Å²) in [4.78, 5) is 13.9. The van der Waals surface area contributed by atoms with Gasteiger partial charge in [-0.05, 0) is 24.6 Å².